The van der Waals surface area contributed by atoms with Crippen LogP contribution in [0, 0.1) is 11.3 Å². The molecule has 0 fully saturated rings. The van der Waals surface area contributed by atoms with Gasteiger partial charge in [0.25, 0.3) is 0 Å². The number of nitrogens with zero attached hydrogens (tertiary/aromatic N) is 1. The molecule has 0 aromatic carbocycles. The third-order valence-electron chi connectivity index (χ3n) is 1.51. The molecule has 0 aliphatic rings. The van der Waals surface area contributed by atoms with Crippen molar-refractivity contribution >= 4 is 0 Å². The van der Waals surface area contributed by atoms with Crippen molar-refractivity contribution in [3.8, 4) is 11.8 Å². The number of methoxy groups -OCH3 is 1. The van der Waals surface area contributed by atoms with E-state index in [2.05, 4.69) is 0 Å². The average molecular weight is 166 g/mol. The molecule has 0 bridgehead atoms. The van der Waals surface area contributed by atoms with Gasteiger partial charge in [-0.1, -0.05) is 0 Å². The zero-order chi connectivity index (χ0) is 8.97. The molecular formula is C8H10N2O2. The van der Waals surface area contributed by atoms with Crippen molar-refractivity contribution in [2.24, 2.45) is 5.73 Å². The second-order valence-corrected chi connectivity index (χ2v) is 2.36. The molecule has 0 amide bonds. The maximum absolute atomic E-state index is 8.36. The van der Waals surface area contributed by atoms with Gasteiger partial charge in [-0.2, -0.15) is 5.26 Å². The van der Waals surface area contributed by atoms with Crippen LogP contribution in [0.1, 0.15) is 18.2 Å². The first-order valence-electron chi connectivity index (χ1n) is 3.53. The molecule has 0 aliphatic carbocycles. The second kappa shape index (κ2) is 3.79. The van der Waals surface area contributed by atoms with Crippen LogP contribution < -0.4 is 10.5 Å². The van der Waals surface area contributed by atoms with E-state index in [0.29, 0.717) is 11.5 Å². The fourth-order valence-corrected chi connectivity index (χ4v) is 0.835. The Balaban J connectivity index is 2.69. The van der Waals surface area contributed by atoms with Gasteiger partial charge in [0.15, 0.2) is 5.75 Å². The molecule has 1 rings (SSSR count). The molecule has 4 nitrogen and oxygen atoms in total. The van der Waals surface area contributed by atoms with E-state index in [1.165, 1.54) is 6.26 Å². The van der Waals surface area contributed by atoms with Crippen LogP contribution in [0.2, 0.25) is 0 Å². The Morgan fingerprint density at radius 2 is 2.58 bits per heavy atom. The highest BCUT2D eigenvalue weighted by Gasteiger charge is 2.10. The number of nitrogens with two attached hydrogens (primary N) is 1. The van der Waals surface area contributed by atoms with Gasteiger partial charge < -0.3 is 14.9 Å². The van der Waals surface area contributed by atoms with Crippen LogP contribution in [-0.4, -0.2) is 7.11 Å². The summed E-state index contributed by atoms with van der Waals surface area (Å²) in [6.45, 7) is 0. The molecule has 0 radical (unpaired) electrons. The lowest BCUT2D eigenvalue weighted by atomic mass is 10.2. The summed E-state index contributed by atoms with van der Waals surface area (Å²) in [6.07, 6.45) is 1.71. The minimum Gasteiger partial charge on any atom is -0.493 e. The number of nitriles is 1. The van der Waals surface area contributed by atoms with Gasteiger partial charge in [-0.25, -0.2) is 0 Å². The van der Waals surface area contributed by atoms with Crippen LogP contribution in [0.15, 0.2) is 16.7 Å². The summed E-state index contributed by atoms with van der Waals surface area (Å²) in [4.78, 5) is 0. The molecule has 1 heterocycles. The molecular weight excluding hydrogens is 156 g/mol. The SMILES string of the molecule is COc1coc([C@@H](N)CC#N)c1. The van der Waals surface area contributed by atoms with E-state index in [1.54, 1.807) is 13.2 Å². The van der Waals surface area contributed by atoms with Crippen LogP contribution >= 0.6 is 0 Å². The van der Waals surface area contributed by atoms with Crippen molar-refractivity contribution in [1.29, 1.82) is 5.26 Å². The number of furan rings is 1. The van der Waals surface area contributed by atoms with E-state index >= 15 is 0 Å². The largest absolute Gasteiger partial charge is 0.493 e. The normalized spacial score (nSPS) is 12.1. The summed E-state index contributed by atoms with van der Waals surface area (Å²) in [6, 6.07) is 3.29. The maximum Gasteiger partial charge on any atom is 0.157 e. The smallest absolute Gasteiger partial charge is 0.157 e. The molecule has 0 unspecified atom stereocenters. The second-order valence-electron chi connectivity index (χ2n) is 2.36. The molecule has 0 spiro atoms. The average Bonchev–Trinajstić information content (AvgIpc) is 2.52. The molecule has 64 valence electrons. The summed E-state index contributed by atoms with van der Waals surface area (Å²) in [7, 11) is 1.55. The number of rotatable bonds is 3. The summed E-state index contributed by atoms with van der Waals surface area (Å²) < 4.78 is 9.96. The first-order valence-corrected chi connectivity index (χ1v) is 3.53. The Morgan fingerprint density at radius 1 is 1.83 bits per heavy atom. The zero-order valence-electron chi connectivity index (χ0n) is 6.78. The van der Waals surface area contributed by atoms with E-state index < -0.39 is 0 Å². The van der Waals surface area contributed by atoms with Crippen LogP contribution in [-0.2, 0) is 0 Å². The molecule has 0 aliphatic heterocycles. The summed E-state index contributed by atoms with van der Waals surface area (Å²) in [5, 5.41) is 8.36. The predicted octanol–water partition coefficient (Wildman–Crippen LogP) is 1.20. The lowest BCUT2D eigenvalue weighted by Crippen LogP contribution is -2.07. The van der Waals surface area contributed by atoms with Crippen LogP contribution in [0.4, 0.5) is 0 Å². The lowest BCUT2D eigenvalue weighted by Gasteiger charge is -2.00. The van der Waals surface area contributed by atoms with Crippen molar-refractivity contribution in [2.45, 2.75) is 12.5 Å². The van der Waals surface area contributed by atoms with Gasteiger partial charge in [0, 0.05) is 6.07 Å². The highest BCUT2D eigenvalue weighted by atomic mass is 16.5. The highest BCUT2D eigenvalue weighted by molar-refractivity contribution is 5.21. The number of hydrogen-bond acceptors (Lipinski definition) is 4. The van der Waals surface area contributed by atoms with E-state index in [1.807, 2.05) is 6.07 Å². The Hall–Kier alpha value is -1.47. The van der Waals surface area contributed by atoms with E-state index in [4.69, 9.17) is 20.1 Å². The van der Waals surface area contributed by atoms with Crippen LogP contribution in [0.5, 0.6) is 5.75 Å². The Kier molecular flexibility index (Phi) is 2.72. The summed E-state index contributed by atoms with van der Waals surface area (Å²) in [5.74, 6) is 1.20. The fourth-order valence-electron chi connectivity index (χ4n) is 0.835. The van der Waals surface area contributed by atoms with Gasteiger partial charge in [-0.15, -0.1) is 0 Å². The highest BCUT2D eigenvalue weighted by Crippen LogP contribution is 2.21. The summed E-state index contributed by atoms with van der Waals surface area (Å²) >= 11 is 0. The number of hydrogen-bond donors (Lipinski definition) is 1. The van der Waals surface area contributed by atoms with E-state index in [9.17, 15) is 0 Å². The minimum atomic E-state index is -0.362. The maximum atomic E-state index is 8.36. The third kappa shape index (κ3) is 1.77. The lowest BCUT2D eigenvalue weighted by molar-refractivity contribution is 0.402. The fraction of sp³-hybridized carbons (Fsp3) is 0.375. The van der Waals surface area contributed by atoms with Crippen molar-refractivity contribution < 1.29 is 9.15 Å². The van der Waals surface area contributed by atoms with Gasteiger partial charge in [-0.3, -0.25) is 0 Å². The Bertz CT molecular complexity index is 287. The minimum absolute atomic E-state index is 0.247. The van der Waals surface area contributed by atoms with Gasteiger partial charge >= 0.3 is 0 Å². The van der Waals surface area contributed by atoms with Gasteiger partial charge in [-0.05, 0) is 0 Å². The monoisotopic (exact) mass is 166 g/mol. The topological polar surface area (TPSA) is 72.2 Å². The Labute approximate surface area is 70.5 Å². The molecule has 12 heavy (non-hydrogen) atoms. The molecule has 0 saturated carbocycles. The van der Waals surface area contributed by atoms with Gasteiger partial charge in [0.05, 0.1) is 25.6 Å². The van der Waals surface area contributed by atoms with Crippen molar-refractivity contribution in [3.05, 3.63) is 18.1 Å². The van der Waals surface area contributed by atoms with Crippen molar-refractivity contribution in [2.75, 3.05) is 7.11 Å². The molecule has 4 heteroatoms. The van der Waals surface area contributed by atoms with Gasteiger partial charge in [0.2, 0.25) is 0 Å². The number of ether oxygens (including phenoxy) is 1. The van der Waals surface area contributed by atoms with Crippen LogP contribution in [0.25, 0.3) is 0 Å². The zero-order valence-corrected chi connectivity index (χ0v) is 6.78. The molecule has 1 aromatic rings. The quantitative estimate of drug-likeness (QED) is 0.732. The van der Waals surface area contributed by atoms with Crippen LogP contribution in [0.3, 0.4) is 0 Å². The predicted molar refractivity (Wildman–Crippen MR) is 42.4 cm³/mol. The molecule has 2 N–H and O–H groups in total. The third-order valence-corrected chi connectivity index (χ3v) is 1.51. The summed E-state index contributed by atoms with van der Waals surface area (Å²) in [5.41, 5.74) is 5.60. The first kappa shape index (κ1) is 8.62. The standard InChI is InChI=1S/C8H10N2O2/c1-11-6-4-8(12-5-6)7(10)2-3-9/h4-5,7H,2,10H2,1H3/t7-/m0/s1. The van der Waals surface area contributed by atoms with E-state index in [-0.39, 0.29) is 12.5 Å². The molecule has 1 atom stereocenters. The van der Waals surface area contributed by atoms with E-state index in [0.717, 1.165) is 0 Å². The molecule has 1 aromatic heterocycles. The van der Waals surface area contributed by atoms with Crippen molar-refractivity contribution in [3.63, 3.8) is 0 Å². The van der Waals surface area contributed by atoms with Gasteiger partial charge in [0.1, 0.15) is 12.0 Å². The van der Waals surface area contributed by atoms with Crippen molar-refractivity contribution in [1.82, 2.24) is 0 Å². The molecule has 0 saturated heterocycles. The Morgan fingerprint density at radius 3 is 3.08 bits per heavy atom. The first-order chi connectivity index (χ1) is 5.77.